The summed E-state index contributed by atoms with van der Waals surface area (Å²) >= 11 is 0. The van der Waals surface area contributed by atoms with Crippen molar-refractivity contribution < 1.29 is 25.1 Å². The average molecular weight is 241 g/mol. The number of rotatable bonds is 0. The number of hydrogen-bond donors (Lipinski definition) is 2. The summed E-state index contributed by atoms with van der Waals surface area (Å²) in [5, 5.41) is 37.5. The standard InChI is InChI=1S/C9H12N4O4/c1-8(10)4-9(14)6(12(8)15)3-2-5-7(9)11-17-13(5)16/h14H,2-4,10H2,1H3/p+1/t8-,9+/m0/s1. The third-order valence-corrected chi connectivity index (χ3v) is 3.54. The Morgan fingerprint density at radius 3 is 2.88 bits per heavy atom. The maximum Gasteiger partial charge on any atom is 0.294 e. The van der Waals surface area contributed by atoms with Crippen molar-refractivity contribution in [2.75, 3.05) is 0 Å². The molecule has 0 unspecified atom stereocenters. The van der Waals surface area contributed by atoms with Crippen molar-refractivity contribution in [1.29, 1.82) is 0 Å². The second-order valence-electron chi connectivity index (χ2n) is 5.00. The van der Waals surface area contributed by atoms with Gasteiger partial charge in [-0.2, -0.15) is 4.74 Å². The van der Waals surface area contributed by atoms with Crippen LogP contribution >= 0.6 is 0 Å². The first-order valence-electron chi connectivity index (χ1n) is 5.37. The second-order valence-corrected chi connectivity index (χ2v) is 5.00. The summed E-state index contributed by atoms with van der Waals surface area (Å²) in [4.78, 5) is 0.290. The van der Waals surface area contributed by atoms with E-state index < -0.39 is 11.3 Å². The Balaban J connectivity index is 2.22. The van der Waals surface area contributed by atoms with E-state index in [-0.39, 0.29) is 17.0 Å². The molecule has 0 spiro atoms. The quantitative estimate of drug-likeness (QED) is 0.392. The van der Waals surface area contributed by atoms with E-state index in [9.17, 15) is 15.5 Å². The number of aromatic nitrogens is 2. The molecule has 0 saturated carbocycles. The zero-order valence-corrected chi connectivity index (χ0v) is 9.34. The molecule has 0 bridgehead atoms. The molecule has 17 heavy (non-hydrogen) atoms. The molecule has 1 aromatic heterocycles. The Morgan fingerprint density at radius 2 is 2.18 bits per heavy atom. The second kappa shape index (κ2) is 2.77. The highest BCUT2D eigenvalue weighted by molar-refractivity contribution is 5.91. The fraction of sp³-hybridized carbons (Fsp3) is 0.667. The Hall–Kier alpha value is -1.67. The van der Waals surface area contributed by atoms with Crippen LogP contribution in [0.1, 0.15) is 31.2 Å². The monoisotopic (exact) mass is 241 g/mol. The van der Waals surface area contributed by atoms with Gasteiger partial charge in [0.1, 0.15) is 6.42 Å². The third-order valence-electron chi connectivity index (χ3n) is 3.54. The summed E-state index contributed by atoms with van der Waals surface area (Å²) in [5.74, 6) is 0. The van der Waals surface area contributed by atoms with Crippen LogP contribution < -0.4 is 10.6 Å². The highest BCUT2D eigenvalue weighted by Crippen LogP contribution is 2.40. The van der Waals surface area contributed by atoms with Gasteiger partial charge in [0.2, 0.25) is 17.0 Å². The summed E-state index contributed by atoms with van der Waals surface area (Å²) in [6.07, 6.45) is 0.773. The maximum atomic E-state index is 12.0. The van der Waals surface area contributed by atoms with Gasteiger partial charge in [-0.25, -0.2) is 0 Å². The van der Waals surface area contributed by atoms with Crippen LogP contribution in [0.15, 0.2) is 4.63 Å². The van der Waals surface area contributed by atoms with E-state index in [0.717, 1.165) is 4.74 Å². The minimum atomic E-state index is -1.51. The van der Waals surface area contributed by atoms with Crippen LogP contribution in [0, 0.1) is 10.4 Å². The number of nitrogens with zero attached hydrogens (tertiary/aromatic N) is 3. The molecule has 8 heteroatoms. The van der Waals surface area contributed by atoms with Gasteiger partial charge in [-0.1, -0.05) is 0 Å². The van der Waals surface area contributed by atoms with Gasteiger partial charge in [-0.15, -0.1) is 0 Å². The van der Waals surface area contributed by atoms with Crippen molar-refractivity contribution in [3.63, 3.8) is 0 Å². The molecule has 8 nitrogen and oxygen atoms in total. The fourth-order valence-electron chi connectivity index (χ4n) is 2.77. The van der Waals surface area contributed by atoms with Crippen LogP contribution in [-0.2, 0) is 12.0 Å². The lowest BCUT2D eigenvalue weighted by Gasteiger charge is -2.19. The summed E-state index contributed by atoms with van der Waals surface area (Å²) in [6, 6.07) is 0. The number of hydrogen-bond acceptors (Lipinski definition) is 5. The van der Waals surface area contributed by atoms with E-state index in [0.29, 0.717) is 24.2 Å². The fourth-order valence-corrected chi connectivity index (χ4v) is 2.77. The summed E-state index contributed by atoms with van der Waals surface area (Å²) in [7, 11) is 0. The predicted molar refractivity (Wildman–Crippen MR) is 52.2 cm³/mol. The van der Waals surface area contributed by atoms with E-state index in [4.69, 9.17) is 0 Å². The average Bonchev–Trinajstić information content (AvgIpc) is 2.67. The summed E-state index contributed by atoms with van der Waals surface area (Å²) in [6.45, 7) is 1.65. The summed E-state index contributed by atoms with van der Waals surface area (Å²) in [5.41, 5.74) is 2.10. The molecule has 3 rings (SSSR count). The van der Waals surface area contributed by atoms with Crippen LogP contribution in [0.25, 0.3) is 0 Å². The van der Waals surface area contributed by atoms with Crippen LogP contribution in [-0.4, -0.2) is 26.4 Å². The maximum absolute atomic E-state index is 12.0. The van der Waals surface area contributed by atoms with E-state index >= 15 is 0 Å². The topological polar surface area (TPSA) is 127 Å². The Bertz CT molecular complexity index is 535. The van der Waals surface area contributed by atoms with Crippen molar-refractivity contribution in [2.24, 2.45) is 0 Å². The smallest absolute Gasteiger partial charge is 0.294 e. The van der Waals surface area contributed by atoms with Crippen molar-refractivity contribution in [3.8, 4) is 0 Å². The van der Waals surface area contributed by atoms with E-state index in [2.05, 4.69) is 15.5 Å². The van der Waals surface area contributed by atoms with Crippen molar-refractivity contribution in [2.45, 2.75) is 37.5 Å². The van der Waals surface area contributed by atoms with Gasteiger partial charge in [0.25, 0.3) is 11.4 Å². The van der Waals surface area contributed by atoms with Crippen molar-refractivity contribution in [3.05, 3.63) is 21.8 Å². The lowest BCUT2D eigenvalue weighted by molar-refractivity contribution is -0.808. The van der Waals surface area contributed by atoms with Crippen LogP contribution in [0.5, 0.6) is 0 Å². The largest absolute Gasteiger partial charge is 0.619 e. The van der Waals surface area contributed by atoms with Gasteiger partial charge in [-0.05, 0) is 4.90 Å². The molecule has 92 valence electrons. The first-order valence-corrected chi connectivity index (χ1v) is 5.37. The van der Waals surface area contributed by atoms with E-state index in [1.807, 2.05) is 0 Å². The summed E-state index contributed by atoms with van der Waals surface area (Å²) < 4.78 is 5.23. The lowest BCUT2D eigenvalue weighted by atomic mass is 9.81. The minimum Gasteiger partial charge on any atom is -0.619 e. The zero-order valence-electron chi connectivity index (χ0n) is 9.34. The van der Waals surface area contributed by atoms with Crippen LogP contribution in [0.2, 0.25) is 0 Å². The number of fused-ring (bicyclic) bond motifs is 3. The highest BCUT2D eigenvalue weighted by atomic mass is 16.8. The molecule has 2 aliphatic rings. The van der Waals surface area contributed by atoms with Gasteiger partial charge in [-0.3, -0.25) is 10.4 Å². The zero-order chi connectivity index (χ0) is 12.4. The molecular weight excluding hydrogens is 228 g/mol. The van der Waals surface area contributed by atoms with Crippen LogP contribution in [0.3, 0.4) is 0 Å². The molecule has 0 amide bonds. The molecule has 0 fully saturated rings. The van der Waals surface area contributed by atoms with E-state index in [1.165, 1.54) is 0 Å². The van der Waals surface area contributed by atoms with Crippen LogP contribution in [0.4, 0.5) is 0 Å². The molecule has 0 saturated heterocycles. The predicted octanol–water partition coefficient (Wildman–Crippen LogP) is -2.25. The van der Waals surface area contributed by atoms with Gasteiger partial charge < -0.3 is 15.5 Å². The Morgan fingerprint density at radius 1 is 1.47 bits per heavy atom. The molecule has 4 N–H and O–H groups in total. The van der Waals surface area contributed by atoms with Gasteiger partial charge in [0, 0.05) is 18.0 Å². The molecule has 0 radical (unpaired) electrons. The van der Waals surface area contributed by atoms with Gasteiger partial charge >= 0.3 is 0 Å². The third kappa shape index (κ3) is 1.11. The number of quaternary nitrogens is 1. The van der Waals surface area contributed by atoms with E-state index in [1.54, 1.807) is 6.92 Å². The molecule has 1 aliphatic heterocycles. The van der Waals surface area contributed by atoms with Gasteiger partial charge in [0.05, 0.1) is 6.92 Å². The molecule has 2 heterocycles. The number of aliphatic hydroxyl groups is 1. The normalized spacial score (nSPS) is 35.9. The first kappa shape index (κ1) is 10.5. The Kier molecular flexibility index (Phi) is 1.71. The minimum absolute atomic E-state index is 0.109. The van der Waals surface area contributed by atoms with Crippen molar-refractivity contribution >= 4 is 5.71 Å². The molecule has 1 aromatic rings. The lowest BCUT2D eigenvalue weighted by Crippen LogP contribution is -2.74. The SMILES string of the molecule is C[C@@]1([NH3+])C[C@@]2(O)C(=[N+]1[O-])CCc1c2no[n+]1[O-]. The highest BCUT2D eigenvalue weighted by Gasteiger charge is 2.64. The molecule has 2 atom stereocenters. The molecule has 0 aromatic carbocycles. The Labute approximate surface area is 96.1 Å². The molecular formula is C9H13N4O4+. The molecule has 1 aliphatic carbocycles. The van der Waals surface area contributed by atoms with Crippen molar-refractivity contribution in [1.82, 2.24) is 5.16 Å². The number of hydroxylamine groups is 1. The first-order chi connectivity index (χ1) is 7.86. The van der Waals surface area contributed by atoms with Gasteiger partial charge in [0.15, 0.2) is 0 Å².